The number of benzene rings is 3. The first-order valence-corrected chi connectivity index (χ1v) is 10.6. The summed E-state index contributed by atoms with van der Waals surface area (Å²) >= 11 is 0. The molecule has 5 rings (SSSR count). The Morgan fingerprint density at radius 1 is 1.06 bits per heavy atom. The van der Waals surface area contributed by atoms with Crippen LogP contribution < -0.4 is 30.0 Å². The Bertz CT molecular complexity index is 1430. The summed E-state index contributed by atoms with van der Waals surface area (Å²) < 4.78 is 23.0. The van der Waals surface area contributed by atoms with Crippen LogP contribution in [0.2, 0.25) is 0 Å². The van der Waals surface area contributed by atoms with E-state index in [1.54, 1.807) is 26.4 Å². The molecular weight excluding hydrogens is 422 g/mol. The number of aromatic nitrogens is 1. The number of amides is 1. The van der Waals surface area contributed by atoms with Gasteiger partial charge in [-0.1, -0.05) is 18.2 Å². The summed E-state index contributed by atoms with van der Waals surface area (Å²) in [6.07, 6.45) is 0. The third kappa shape index (κ3) is 3.34. The highest BCUT2D eigenvalue weighted by atomic mass is 16.7. The predicted molar refractivity (Wildman–Crippen MR) is 127 cm³/mol. The van der Waals surface area contributed by atoms with Crippen LogP contribution in [0, 0.1) is 0 Å². The molecule has 0 saturated heterocycles. The van der Waals surface area contributed by atoms with E-state index >= 15 is 0 Å². The molecular formula is C25H25N3O5. The minimum atomic E-state index is -0.554. The molecule has 4 aromatic rings. The number of nitrogens with two attached hydrogens (primary N) is 1. The van der Waals surface area contributed by atoms with Crippen LogP contribution in [-0.4, -0.2) is 44.0 Å². The minimum Gasteiger partial charge on any atom is -0.491 e. The molecule has 0 unspecified atom stereocenters. The lowest BCUT2D eigenvalue weighted by Crippen LogP contribution is -2.45. The van der Waals surface area contributed by atoms with Gasteiger partial charge >= 0.3 is 0 Å². The molecule has 170 valence electrons. The monoisotopic (exact) mass is 447 g/mol. The molecule has 8 heteroatoms. The molecule has 3 aromatic carbocycles. The molecule has 1 amide bonds. The lowest BCUT2D eigenvalue weighted by molar-refractivity contribution is 0.0947. The molecule has 2 heterocycles. The molecule has 0 aliphatic carbocycles. The highest BCUT2D eigenvalue weighted by molar-refractivity contribution is 6.29. The van der Waals surface area contributed by atoms with Gasteiger partial charge in [-0.2, -0.15) is 0 Å². The maximum Gasteiger partial charge on any atom is 0.252 e. The number of ether oxygens (including phenoxy) is 4. The second kappa shape index (κ2) is 7.67. The van der Waals surface area contributed by atoms with E-state index in [9.17, 15) is 4.79 Å². The molecule has 33 heavy (non-hydrogen) atoms. The fourth-order valence-corrected chi connectivity index (χ4v) is 4.29. The van der Waals surface area contributed by atoms with Gasteiger partial charge in [0.05, 0.1) is 19.6 Å². The van der Waals surface area contributed by atoms with E-state index < -0.39 is 5.54 Å². The van der Waals surface area contributed by atoms with Gasteiger partial charge in [0.1, 0.15) is 11.3 Å². The molecule has 1 aromatic heterocycles. The third-order valence-corrected chi connectivity index (χ3v) is 5.71. The lowest BCUT2D eigenvalue weighted by atomic mass is 9.93. The number of pyridine rings is 1. The van der Waals surface area contributed by atoms with Gasteiger partial charge in [-0.15, -0.1) is 0 Å². The van der Waals surface area contributed by atoms with Gasteiger partial charge in [0.15, 0.2) is 11.5 Å². The van der Waals surface area contributed by atoms with Crippen molar-refractivity contribution in [3.8, 4) is 23.1 Å². The van der Waals surface area contributed by atoms with Crippen LogP contribution in [0.1, 0.15) is 24.2 Å². The summed E-state index contributed by atoms with van der Waals surface area (Å²) in [6, 6.07) is 11.3. The van der Waals surface area contributed by atoms with Crippen LogP contribution in [0.5, 0.6) is 23.1 Å². The fourth-order valence-electron chi connectivity index (χ4n) is 4.29. The summed E-state index contributed by atoms with van der Waals surface area (Å²) in [7, 11) is 3.15. The average Bonchev–Trinajstić information content (AvgIpc) is 2.81. The molecule has 0 fully saturated rings. The zero-order chi connectivity index (χ0) is 23.3. The summed E-state index contributed by atoms with van der Waals surface area (Å²) in [5, 5.41) is 6.75. The first-order valence-electron chi connectivity index (χ1n) is 10.6. The van der Waals surface area contributed by atoms with E-state index in [-0.39, 0.29) is 12.7 Å². The molecule has 8 nitrogen and oxygen atoms in total. The van der Waals surface area contributed by atoms with Crippen LogP contribution in [0.25, 0.3) is 32.4 Å². The standard InChI is InChI=1S/C25H25N3O5/c1-25(2,26)11-27-23(29)15-9-10-16-19-17(15)18-13-7-5-6-8-14(13)24(31-4)28-20(18)22(30-3)21(19)33-12-32-16/h5-10H,11-12,26H2,1-4H3,(H,27,29). The van der Waals surface area contributed by atoms with E-state index in [0.29, 0.717) is 51.5 Å². The van der Waals surface area contributed by atoms with Gasteiger partial charge in [-0.25, -0.2) is 4.98 Å². The van der Waals surface area contributed by atoms with E-state index in [4.69, 9.17) is 29.7 Å². The Balaban J connectivity index is 1.96. The topological polar surface area (TPSA) is 105 Å². The molecule has 0 bridgehead atoms. The zero-order valence-electron chi connectivity index (χ0n) is 18.9. The Hall–Kier alpha value is -3.78. The van der Waals surface area contributed by atoms with Crippen molar-refractivity contribution in [3.63, 3.8) is 0 Å². The van der Waals surface area contributed by atoms with Crippen molar-refractivity contribution >= 4 is 38.4 Å². The number of carbonyl (C=O) groups excluding carboxylic acids is 1. The van der Waals surface area contributed by atoms with Crippen LogP contribution in [0.3, 0.4) is 0 Å². The van der Waals surface area contributed by atoms with Crippen molar-refractivity contribution in [3.05, 3.63) is 42.0 Å². The molecule has 1 aliphatic rings. The van der Waals surface area contributed by atoms with Crippen LogP contribution in [0.4, 0.5) is 0 Å². The maximum absolute atomic E-state index is 13.4. The van der Waals surface area contributed by atoms with E-state index in [1.165, 1.54) is 0 Å². The summed E-state index contributed by atoms with van der Waals surface area (Å²) in [5.41, 5.74) is 6.55. The number of methoxy groups -OCH3 is 2. The Morgan fingerprint density at radius 3 is 2.52 bits per heavy atom. The third-order valence-electron chi connectivity index (χ3n) is 5.71. The van der Waals surface area contributed by atoms with Crippen molar-refractivity contribution in [2.45, 2.75) is 19.4 Å². The summed E-state index contributed by atoms with van der Waals surface area (Å²) in [5.74, 6) is 1.78. The van der Waals surface area contributed by atoms with Gasteiger partial charge in [-0.3, -0.25) is 4.79 Å². The highest BCUT2D eigenvalue weighted by Gasteiger charge is 2.29. The fraction of sp³-hybridized carbons (Fsp3) is 0.280. The van der Waals surface area contributed by atoms with E-state index in [2.05, 4.69) is 5.32 Å². The van der Waals surface area contributed by atoms with Crippen LogP contribution in [0.15, 0.2) is 36.4 Å². The van der Waals surface area contributed by atoms with Gasteiger partial charge in [0, 0.05) is 33.8 Å². The van der Waals surface area contributed by atoms with Gasteiger partial charge in [0.25, 0.3) is 5.91 Å². The van der Waals surface area contributed by atoms with Gasteiger partial charge in [-0.05, 0) is 37.4 Å². The van der Waals surface area contributed by atoms with Crippen LogP contribution >= 0.6 is 0 Å². The number of fused-ring (bicyclic) bond motifs is 4. The Morgan fingerprint density at radius 2 is 1.82 bits per heavy atom. The number of rotatable bonds is 5. The molecule has 0 spiro atoms. The smallest absolute Gasteiger partial charge is 0.252 e. The quantitative estimate of drug-likeness (QED) is 0.449. The first kappa shape index (κ1) is 21.1. The summed E-state index contributed by atoms with van der Waals surface area (Å²) in [6.45, 7) is 4.06. The second-order valence-corrected chi connectivity index (χ2v) is 8.69. The Labute approximate surface area is 190 Å². The van der Waals surface area contributed by atoms with Gasteiger partial charge in [0.2, 0.25) is 12.7 Å². The molecule has 0 atom stereocenters. The molecule has 0 radical (unpaired) electrons. The summed E-state index contributed by atoms with van der Waals surface area (Å²) in [4.78, 5) is 18.1. The number of nitrogens with zero attached hydrogens (tertiary/aromatic N) is 1. The van der Waals surface area contributed by atoms with Crippen molar-refractivity contribution in [2.75, 3.05) is 27.6 Å². The van der Waals surface area contributed by atoms with Gasteiger partial charge < -0.3 is 30.0 Å². The number of carbonyl (C=O) groups is 1. The van der Waals surface area contributed by atoms with Crippen molar-refractivity contribution < 1.29 is 23.7 Å². The number of hydrogen-bond acceptors (Lipinski definition) is 7. The SMILES string of the molecule is COc1nc2c(OC)c3c4c(ccc(C(=O)NCC(C)(C)N)c4c2c2ccccc12)OCO3. The first-order chi connectivity index (χ1) is 15.8. The zero-order valence-corrected chi connectivity index (χ0v) is 18.9. The molecule has 1 aliphatic heterocycles. The van der Waals surface area contributed by atoms with E-state index in [1.807, 2.05) is 38.1 Å². The average molecular weight is 447 g/mol. The maximum atomic E-state index is 13.4. The van der Waals surface area contributed by atoms with Crippen molar-refractivity contribution in [1.82, 2.24) is 10.3 Å². The second-order valence-electron chi connectivity index (χ2n) is 8.69. The Kier molecular flexibility index (Phi) is 4.90. The number of hydrogen-bond donors (Lipinski definition) is 2. The normalized spacial score (nSPS) is 13.0. The molecule has 3 N–H and O–H groups in total. The minimum absolute atomic E-state index is 0.0294. The number of nitrogens with one attached hydrogen (secondary N) is 1. The van der Waals surface area contributed by atoms with Crippen molar-refractivity contribution in [1.29, 1.82) is 0 Å². The van der Waals surface area contributed by atoms with Crippen molar-refractivity contribution in [2.24, 2.45) is 5.73 Å². The van der Waals surface area contributed by atoms with Crippen LogP contribution in [-0.2, 0) is 0 Å². The molecule has 0 saturated carbocycles. The van der Waals surface area contributed by atoms with E-state index in [0.717, 1.165) is 16.2 Å². The highest BCUT2D eigenvalue weighted by Crippen LogP contribution is 2.51. The predicted octanol–water partition coefficient (Wildman–Crippen LogP) is 3.75. The lowest BCUT2D eigenvalue weighted by Gasteiger charge is -2.25. The largest absolute Gasteiger partial charge is 0.491 e.